The van der Waals surface area contributed by atoms with Crippen LogP contribution in [0, 0.1) is 0 Å². The van der Waals surface area contributed by atoms with Crippen molar-refractivity contribution in [1.82, 2.24) is 9.97 Å². The highest BCUT2D eigenvalue weighted by molar-refractivity contribution is 5.34. The normalized spacial score (nSPS) is 9.67. The molecule has 1 aromatic heterocycles. The molecule has 2 rings (SSSR count). The van der Waals surface area contributed by atoms with Crippen LogP contribution in [-0.2, 0) is 0 Å². The number of rotatable bonds is 3. The van der Waals surface area contributed by atoms with Crippen molar-refractivity contribution in [2.45, 2.75) is 0 Å². The molecule has 76 valence electrons. The number of benzene rings is 1. The second-order valence-corrected chi connectivity index (χ2v) is 2.81. The first-order valence-corrected chi connectivity index (χ1v) is 4.47. The van der Waals surface area contributed by atoms with E-state index in [1.165, 1.54) is 0 Å². The Hall–Kier alpha value is -2.10. The quantitative estimate of drug-likeness (QED) is 0.765. The summed E-state index contributed by atoms with van der Waals surface area (Å²) in [7, 11) is 1.61. The van der Waals surface area contributed by atoms with E-state index in [0.29, 0.717) is 11.8 Å². The largest absolute Gasteiger partial charge is 0.497 e. The van der Waals surface area contributed by atoms with Crippen molar-refractivity contribution in [2.75, 3.05) is 7.11 Å². The molecular formula is C11H10N2O2. The van der Waals surface area contributed by atoms with Crippen molar-refractivity contribution in [3.63, 3.8) is 0 Å². The van der Waals surface area contributed by atoms with Crippen LogP contribution in [0.3, 0.4) is 0 Å². The zero-order chi connectivity index (χ0) is 10.5. The highest BCUT2D eigenvalue weighted by Gasteiger charge is 1.99. The van der Waals surface area contributed by atoms with E-state index in [9.17, 15) is 0 Å². The molecule has 2 aromatic rings. The van der Waals surface area contributed by atoms with E-state index in [2.05, 4.69) is 9.97 Å². The maximum atomic E-state index is 5.42. The van der Waals surface area contributed by atoms with Crippen molar-refractivity contribution < 1.29 is 9.47 Å². The van der Waals surface area contributed by atoms with Gasteiger partial charge in [-0.1, -0.05) is 6.07 Å². The van der Waals surface area contributed by atoms with Gasteiger partial charge in [-0.15, -0.1) is 0 Å². The number of hydrogen-bond acceptors (Lipinski definition) is 4. The second kappa shape index (κ2) is 4.41. The molecule has 1 heterocycles. The first-order chi connectivity index (χ1) is 7.38. The first-order valence-electron chi connectivity index (χ1n) is 4.47. The lowest BCUT2D eigenvalue weighted by Crippen LogP contribution is -1.90. The molecule has 0 saturated heterocycles. The lowest BCUT2D eigenvalue weighted by molar-refractivity contribution is 0.404. The van der Waals surface area contributed by atoms with Crippen LogP contribution < -0.4 is 9.47 Å². The zero-order valence-electron chi connectivity index (χ0n) is 8.25. The van der Waals surface area contributed by atoms with Gasteiger partial charge in [0.2, 0.25) is 0 Å². The van der Waals surface area contributed by atoms with Gasteiger partial charge >= 0.3 is 6.01 Å². The molecule has 4 nitrogen and oxygen atoms in total. The van der Waals surface area contributed by atoms with Crippen LogP contribution in [0.25, 0.3) is 0 Å². The smallest absolute Gasteiger partial charge is 0.321 e. The second-order valence-electron chi connectivity index (χ2n) is 2.81. The summed E-state index contributed by atoms with van der Waals surface area (Å²) in [4.78, 5) is 7.91. The van der Waals surface area contributed by atoms with Crippen LogP contribution in [0.4, 0.5) is 0 Å². The SMILES string of the molecule is COc1cccc(Oc2ncccn2)c1. The van der Waals surface area contributed by atoms with E-state index in [4.69, 9.17) is 9.47 Å². The van der Waals surface area contributed by atoms with Gasteiger partial charge in [0.1, 0.15) is 11.5 Å². The monoisotopic (exact) mass is 202 g/mol. The summed E-state index contributed by atoms with van der Waals surface area (Å²) in [6.45, 7) is 0. The third kappa shape index (κ3) is 2.43. The first kappa shape index (κ1) is 9.45. The molecule has 0 fully saturated rings. The molecule has 0 atom stereocenters. The maximum Gasteiger partial charge on any atom is 0.321 e. The fraction of sp³-hybridized carbons (Fsp3) is 0.0909. The van der Waals surface area contributed by atoms with Crippen LogP contribution in [-0.4, -0.2) is 17.1 Å². The van der Waals surface area contributed by atoms with Crippen LogP contribution in [0.1, 0.15) is 0 Å². The molecular weight excluding hydrogens is 192 g/mol. The van der Waals surface area contributed by atoms with Crippen LogP contribution in [0.5, 0.6) is 17.5 Å². The Morgan fingerprint density at radius 3 is 2.47 bits per heavy atom. The van der Waals surface area contributed by atoms with E-state index in [1.54, 1.807) is 31.6 Å². The lowest BCUT2D eigenvalue weighted by atomic mass is 10.3. The van der Waals surface area contributed by atoms with Crippen molar-refractivity contribution in [2.24, 2.45) is 0 Å². The van der Waals surface area contributed by atoms with Gasteiger partial charge in [-0.3, -0.25) is 0 Å². The predicted molar refractivity (Wildman–Crippen MR) is 55.1 cm³/mol. The minimum Gasteiger partial charge on any atom is -0.497 e. The minimum absolute atomic E-state index is 0.325. The molecule has 4 heteroatoms. The summed E-state index contributed by atoms with van der Waals surface area (Å²) in [5, 5.41) is 0. The van der Waals surface area contributed by atoms with E-state index in [-0.39, 0.29) is 0 Å². The summed E-state index contributed by atoms with van der Waals surface area (Å²) in [5.41, 5.74) is 0. The van der Waals surface area contributed by atoms with E-state index in [1.807, 2.05) is 18.2 Å². The molecule has 0 unspecified atom stereocenters. The lowest BCUT2D eigenvalue weighted by Gasteiger charge is -2.04. The van der Waals surface area contributed by atoms with E-state index < -0.39 is 0 Å². The Morgan fingerprint density at radius 2 is 1.73 bits per heavy atom. The summed E-state index contributed by atoms with van der Waals surface area (Å²) in [6, 6.07) is 9.34. The molecule has 0 aliphatic heterocycles. The highest BCUT2D eigenvalue weighted by Crippen LogP contribution is 2.22. The minimum atomic E-state index is 0.325. The van der Waals surface area contributed by atoms with Gasteiger partial charge in [0.15, 0.2) is 0 Å². The fourth-order valence-electron chi connectivity index (χ4n) is 1.11. The number of aromatic nitrogens is 2. The Bertz CT molecular complexity index is 432. The van der Waals surface area contributed by atoms with Crippen LogP contribution >= 0.6 is 0 Å². The molecule has 0 aliphatic rings. The van der Waals surface area contributed by atoms with E-state index >= 15 is 0 Å². The highest BCUT2D eigenvalue weighted by atomic mass is 16.5. The van der Waals surface area contributed by atoms with Crippen molar-refractivity contribution in [1.29, 1.82) is 0 Å². The fourth-order valence-corrected chi connectivity index (χ4v) is 1.11. The third-order valence-corrected chi connectivity index (χ3v) is 1.79. The molecule has 0 aliphatic carbocycles. The molecule has 0 amide bonds. The van der Waals surface area contributed by atoms with Gasteiger partial charge in [0.05, 0.1) is 7.11 Å². The number of nitrogens with zero attached hydrogens (tertiary/aromatic N) is 2. The van der Waals surface area contributed by atoms with Crippen molar-refractivity contribution in [3.8, 4) is 17.5 Å². The van der Waals surface area contributed by atoms with Gasteiger partial charge in [0.25, 0.3) is 0 Å². The Balaban J connectivity index is 2.17. The average molecular weight is 202 g/mol. The summed E-state index contributed by atoms with van der Waals surface area (Å²) in [5.74, 6) is 1.39. The molecule has 1 aromatic carbocycles. The number of methoxy groups -OCH3 is 1. The summed E-state index contributed by atoms with van der Waals surface area (Å²) >= 11 is 0. The van der Waals surface area contributed by atoms with E-state index in [0.717, 1.165) is 5.75 Å². The summed E-state index contributed by atoms with van der Waals surface area (Å²) < 4.78 is 10.5. The van der Waals surface area contributed by atoms with Crippen LogP contribution in [0.2, 0.25) is 0 Å². The maximum absolute atomic E-state index is 5.42. The topological polar surface area (TPSA) is 44.2 Å². The standard InChI is InChI=1S/C11H10N2O2/c1-14-9-4-2-5-10(8-9)15-11-12-6-3-7-13-11/h2-8H,1H3. The van der Waals surface area contributed by atoms with Gasteiger partial charge in [-0.25, -0.2) is 9.97 Å². The average Bonchev–Trinajstić information content (AvgIpc) is 2.31. The number of ether oxygens (including phenoxy) is 2. The van der Waals surface area contributed by atoms with Gasteiger partial charge in [-0.2, -0.15) is 0 Å². The molecule has 0 radical (unpaired) electrons. The third-order valence-electron chi connectivity index (χ3n) is 1.79. The van der Waals surface area contributed by atoms with Gasteiger partial charge < -0.3 is 9.47 Å². The van der Waals surface area contributed by atoms with Gasteiger partial charge in [-0.05, 0) is 18.2 Å². The molecule has 0 bridgehead atoms. The molecule has 15 heavy (non-hydrogen) atoms. The molecule has 0 spiro atoms. The molecule has 0 saturated carbocycles. The predicted octanol–water partition coefficient (Wildman–Crippen LogP) is 2.28. The summed E-state index contributed by atoms with van der Waals surface area (Å²) in [6.07, 6.45) is 3.25. The number of hydrogen-bond donors (Lipinski definition) is 0. The van der Waals surface area contributed by atoms with Crippen molar-refractivity contribution >= 4 is 0 Å². The Morgan fingerprint density at radius 1 is 1.00 bits per heavy atom. The van der Waals surface area contributed by atoms with Crippen LogP contribution in [0.15, 0.2) is 42.7 Å². The van der Waals surface area contributed by atoms with Crippen molar-refractivity contribution in [3.05, 3.63) is 42.7 Å². The van der Waals surface area contributed by atoms with Gasteiger partial charge in [0, 0.05) is 18.5 Å². The Kier molecular flexibility index (Phi) is 2.78. The Labute approximate surface area is 87.5 Å². The molecule has 0 N–H and O–H groups in total. The zero-order valence-corrected chi connectivity index (χ0v) is 8.25.